The van der Waals surface area contributed by atoms with E-state index in [-0.39, 0.29) is 26.4 Å². The van der Waals surface area contributed by atoms with Gasteiger partial charge in [0, 0.05) is 12.2 Å². The van der Waals surface area contributed by atoms with Crippen LogP contribution in [-0.4, -0.2) is 60.8 Å². The molecule has 0 radical (unpaired) electrons. The van der Waals surface area contributed by atoms with Crippen LogP contribution in [0.25, 0.3) is 11.1 Å². The number of carbonyl (C=O) groups is 2. The highest BCUT2D eigenvalue weighted by atomic mass is 16.6. The van der Waals surface area contributed by atoms with Gasteiger partial charge in [0.1, 0.15) is 50.1 Å². The van der Waals surface area contributed by atoms with Crippen LogP contribution in [0.4, 0.5) is 0 Å². The van der Waals surface area contributed by atoms with Crippen LogP contribution in [0, 0.1) is 41.5 Å². The summed E-state index contributed by atoms with van der Waals surface area (Å²) < 4.78 is 21.6. The van der Waals surface area contributed by atoms with Crippen molar-refractivity contribution in [1.82, 2.24) is 0 Å². The number of aryl methyl sites for hydroxylation is 2. The van der Waals surface area contributed by atoms with E-state index in [1.807, 2.05) is 41.5 Å². The molecule has 0 aliphatic heterocycles. The third kappa shape index (κ3) is 7.69. The summed E-state index contributed by atoms with van der Waals surface area (Å²) in [5, 5.41) is 20.2. The smallest absolute Gasteiger partial charge is 0.330 e. The van der Waals surface area contributed by atoms with Crippen LogP contribution in [0.5, 0.6) is 11.5 Å². The Morgan fingerprint density at radius 3 is 1.34 bits per heavy atom. The Kier molecular flexibility index (Phi) is 11.1. The number of hydrogen-bond donors (Lipinski definition) is 2. The molecule has 38 heavy (non-hydrogen) atoms. The lowest BCUT2D eigenvalue weighted by Gasteiger charge is -2.22. The summed E-state index contributed by atoms with van der Waals surface area (Å²) in [5.41, 5.74) is 7.89. The lowest BCUT2D eigenvalue weighted by atomic mass is 9.88. The number of hydrogen-bond acceptors (Lipinski definition) is 8. The van der Waals surface area contributed by atoms with E-state index >= 15 is 0 Å². The third-order valence-corrected chi connectivity index (χ3v) is 6.35. The Morgan fingerprint density at radius 1 is 0.684 bits per heavy atom. The first kappa shape index (κ1) is 30.6. The van der Waals surface area contributed by atoms with Crippen LogP contribution in [0.2, 0.25) is 0 Å². The van der Waals surface area contributed by atoms with Gasteiger partial charge in [0.05, 0.1) is 0 Å². The second-order valence-corrected chi connectivity index (χ2v) is 9.24. The first-order valence-electron chi connectivity index (χ1n) is 12.3. The van der Waals surface area contributed by atoms with Gasteiger partial charge >= 0.3 is 11.9 Å². The van der Waals surface area contributed by atoms with Crippen LogP contribution < -0.4 is 9.47 Å². The molecular weight excluding hydrogens is 488 g/mol. The minimum absolute atomic E-state index is 0.0210. The van der Waals surface area contributed by atoms with Crippen LogP contribution in [0.3, 0.4) is 0 Å². The second kappa shape index (κ2) is 13.8. The molecule has 0 aliphatic carbocycles. The van der Waals surface area contributed by atoms with Crippen LogP contribution in [-0.2, 0) is 19.1 Å². The largest absolute Gasteiger partial charge is 0.490 e. The van der Waals surface area contributed by atoms with Crippen LogP contribution in [0.15, 0.2) is 37.4 Å². The fourth-order valence-electron chi connectivity index (χ4n) is 4.05. The van der Waals surface area contributed by atoms with Gasteiger partial charge in [-0.25, -0.2) is 9.59 Å². The molecule has 0 saturated heterocycles. The van der Waals surface area contributed by atoms with E-state index in [2.05, 4.69) is 25.3 Å². The highest BCUT2D eigenvalue weighted by Crippen LogP contribution is 2.39. The molecule has 0 aromatic heterocycles. The van der Waals surface area contributed by atoms with Crippen LogP contribution >= 0.6 is 0 Å². The molecule has 0 amide bonds. The summed E-state index contributed by atoms with van der Waals surface area (Å²) in [6.07, 6.45) is 0.151. The number of ether oxygens (including phenoxy) is 4. The topological polar surface area (TPSA) is 112 Å². The fourth-order valence-corrected chi connectivity index (χ4v) is 4.05. The van der Waals surface area contributed by atoms with Crippen molar-refractivity contribution in [3.63, 3.8) is 0 Å². The van der Waals surface area contributed by atoms with Gasteiger partial charge in [0.15, 0.2) is 0 Å². The predicted octanol–water partition coefficient (Wildman–Crippen LogP) is 4.14. The molecule has 2 N–H and O–H groups in total. The molecule has 0 fully saturated rings. The fraction of sp³-hybridized carbons (Fsp3) is 0.400. The minimum Gasteiger partial charge on any atom is -0.490 e. The van der Waals surface area contributed by atoms with Crippen molar-refractivity contribution >= 4 is 11.9 Å². The molecule has 8 nitrogen and oxygen atoms in total. The zero-order valence-electron chi connectivity index (χ0n) is 23.1. The number of benzene rings is 2. The zero-order valence-corrected chi connectivity index (χ0v) is 23.1. The lowest BCUT2D eigenvalue weighted by Crippen LogP contribution is -2.25. The Balaban J connectivity index is 2.24. The van der Waals surface area contributed by atoms with Gasteiger partial charge in [-0.3, -0.25) is 0 Å². The maximum Gasteiger partial charge on any atom is 0.330 e. The van der Waals surface area contributed by atoms with Crippen molar-refractivity contribution in [2.24, 2.45) is 0 Å². The van der Waals surface area contributed by atoms with Gasteiger partial charge in [0.25, 0.3) is 0 Å². The molecule has 0 heterocycles. The maximum atomic E-state index is 11.2. The monoisotopic (exact) mass is 526 g/mol. The molecule has 2 rings (SSSR count). The quantitative estimate of drug-likeness (QED) is 0.296. The Morgan fingerprint density at radius 2 is 1.03 bits per heavy atom. The summed E-state index contributed by atoms with van der Waals surface area (Å²) >= 11 is 0. The number of rotatable bonds is 13. The van der Waals surface area contributed by atoms with Crippen LogP contribution in [0.1, 0.15) is 33.4 Å². The van der Waals surface area contributed by atoms with E-state index in [1.165, 1.54) is 0 Å². The standard InChI is InChI=1S/C30H38O8/c1-9-27(33)35-13-23(31)15-37-29-17(3)11-25(19(5)21(29)7)26-12-18(4)30(22(8)20(26)6)38-16-24(32)14-36-28(34)10-2/h9-12,23-24,31-32H,1-2,13-16H2,3-8H3. The van der Waals surface area contributed by atoms with E-state index in [0.717, 1.165) is 56.7 Å². The van der Waals surface area contributed by atoms with E-state index in [0.29, 0.717) is 11.5 Å². The Hall–Kier alpha value is -3.62. The van der Waals surface area contributed by atoms with Crippen molar-refractivity contribution in [2.45, 2.75) is 53.8 Å². The third-order valence-electron chi connectivity index (χ3n) is 6.35. The molecule has 206 valence electrons. The van der Waals surface area contributed by atoms with Crippen molar-refractivity contribution in [2.75, 3.05) is 26.4 Å². The molecule has 0 bridgehead atoms. The van der Waals surface area contributed by atoms with Gasteiger partial charge < -0.3 is 29.2 Å². The van der Waals surface area contributed by atoms with E-state index < -0.39 is 24.1 Å². The van der Waals surface area contributed by atoms with E-state index in [1.54, 1.807) is 0 Å². The van der Waals surface area contributed by atoms with E-state index in [9.17, 15) is 19.8 Å². The van der Waals surface area contributed by atoms with E-state index in [4.69, 9.17) is 18.9 Å². The number of esters is 2. The summed E-state index contributed by atoms with van der Waals surface area (Å²) in [5.74, 6) is 0.161. The SMILES string of the molecule is C=CC(=O)OCC(O)COc1c(C)cc(-c2cc(C)c(OCC(O)COC(=O)C=C)c(C)c2C)c(C)c1C. The second-order valence-electron chi connectivity index (χ2n) is 9.24. The Labute approximate surface area is 224 Å². The molecule has 0 aliphatic rings. The van der Waals surface area contributed by atoms with Gasteiger partial charge in [-0.15, -0.1) is 0 Å². The molecule has 0 saturated carbocycles. The molecule has 0 spiro atoms. The highest BCUT2D eigenvalue weighted by molar-refractivity contribution is 5.81. The molecule has 2 unspecified atom stereocenters. The first-order valence-corrected chi connectivity index (χ1v) is 12.3. The average Bonchev–Trinajstić information content (AvgIpc) is 2.89. The molecule has 2 atom stereocenters. The average molecular weight is 527 g/mol. The van der Waals surface area contributed by atoms with Gasteiger partial charge in [-0.2, -0.15) is 0 Å². The van der Waals surface area contributed by atoms with Gasteiger partial charge in [-0.1, -0.05) is 13.2 Å². The summed E-state index contributed by atoms with van der Waals surface area (Å²) in [6.45, 7) is 18.1. The zero-order chi connectivity index (χ0) is 28.6. The highest BCUT2D eigenvalue weighted by Gasteiger charge is 2.19. The minimum atomic E-state index is -0.967. The van der Waals surface area contributed by atoms with Crippen molar-refractivity contribution in [3.8, 4) is 22.6 Å². The van der Waals surface area contributed by atoms with Crippen molar-refractivity contribution < 1.29 is 38.7 Å². The number of carbonyl (C=O) groups excluding carboxylic acids is 2. The molecule has 8 heteroatoms. The summed E-state index contributed by atoms with van der Waals surface area (Å²) in [6, 6.07) is 4.11. The lowest BCUT2D eigenvalue weighted by molar-refractivity contribution is -0.142. The molecule has 2 aromatic carbocycles. The Bertz CT molecular complexity index is 1100. The maximum absolute atomic E-state index is 11.2. The molecule has 2 aromatic rings. The van der Waals surface area contributed by atoms with Gasteiger partial charge in [-0.05, 0) is 98.2 Å². The summed E-state index contributed by atoms with van der Waals surface area (Å²) in [4.78, 5) is 22.4. The van der Waals surface area contributed by atoms with Gasteiger partial charge in [0.2, 0.25) is 0 Å². The molecular formula is C30H38O8. The predicted molar refractivity (Wildman–Crippen MR) is 146 cm³/mol. The van der Waals surface area contributed by atoms with Crippen molar-refractivity contribution in [1.29, 1.82) is 0 Å². The number of aliphatic hydroxyl groups excluding tert-OH is 2. The first-order chi connectivity index (χ1) is 17.9. The summed E-state index contributed by atoms with van der Waals surface area (Å²) in [7, 11) is 0. The van der Waals surface area contributed by atoms with Crippen molar-refractivity contribution in [3.05, 3.63) is 70.8 Å². The number of aliphatic hydroxyl groups is 2. The normalized spacial score (nSPS) is 12.3.